The van der Waals surface area contributed by atoms with E-state index in [0.29, 0.717) is 42.1 Å². The summed E-state index contributed by atoms with van der Waals surface area (Å²) in [4.78, 5) is 11.7. The molecule has 0 saturated carbocycles. The van der Waals surface area contributed by atoms with Crippen LogP contribution in [0.1, 0.15) is 61.8 Å². The lowest BCUT2D eigenvalue weighted by atomic mass is 9.98. The van der Waals surface area contributed by atoms with Gasteiger partial charge in [-0.2, -0.15) is 0 Å². The fraction of sp³-hybridized carbons (Fsp3) is 0.387. The van der Waals surface area contributed by atoms with Crippen LogP contribution in [0, 0.1) is 17.5 Å². The monoisotopic (exact) mass is 572 g/mol. The Morgan fingerprint density at radius 3 is 2.54 bits per heavy atom. The quantitative estimate of drug-likeness (QED) is 0.276. The zero-order chi connectivity index (χ0) is 29.3. The predicted molar refractivity (Wildman–Crippen MR) is 142 cm³/mol. The number of fused-ring (bicyclic) bond motifs is 2. The van der Waals surface area contributed by atoms with Crippen LogP contribution in [-0.2, 0) is 16.0 Å². The number of benzene rings is 3. The standard InChI is InChI=1S/C31H31F3O7/c1-31(2,36)10-11-38-27-14-23(34)28(15-22(27)33)41-24-9-7-21(32)30-20(24)6-8-25(30)40-18-4-5-19-17(12-29(35)37-3)16-39-26(19)13-18/h4-5,7,9,13-15,17,25,36H,6,8,10-12,16H2,1-3H3. The van der Waals surface area contributed by atoms with Gasteiger partial charge in [-0.05, 0) is 44.9 Å². The highest BCUT2D eigenvalue weighted by Crippen LogP contribution is 2.45. The van der Waals surface area contributed by atoms with E-state index in [9.17, 15) is 18.7 Å². The molecule has 2 unspecified atom stereocenters. The van der Waals surface area contributed by atoms with Gasteiger partial charge >= 0.3 is 5.97 Å². The van der Waals surface area contributed by atoms with Crippen molar-refractivity contribution < 1.29 is 46.8 Å². The van der Waals surface area contributed by atoms with Gasteiger partial charge in [0.05, 0.1) is 32.3 Å². The molecule has 2 atom stereocenters. The van der Waals surface area contributed by atoms with Gasteiger partial charge in [0.15, 0.2) is 23.1 Å². The molecule has 0 fully saturated rings. The van der Waals surface area contributed by atoms with Gasteiger partial charge < -0.3 is 28.8 Å². The third kappa shape index (κ3) is 6.37. The maximum Gasteiger partial charge on any atom is 0.306 e. The van der Waals surface area contributed by atoms with E-state index in [1.54, 1.807) is 26.0 Å². The Morgan fingerprint density at radius 1 is 1.02 bits per heavy atom. The number of carbonyl (C=O) groups excluding carboxylic acids is 1. The second-order valence-electron chi connectivity index (χ2n) is 10.8. The molecule has 1 N–H and O–H groups in total. The summed E-state index contributed by atoms with van der Waals surface area (Å²) in [5.74, 6) is -2.01. The molecule has 0 radical (unpaired) electrons. The first-order valence-electron chi connectivity index (χ1n) is 13.4. The molecule has 10 heteroatoms. The number of hydrogen-bond donors (Lipinski definition) is 1. The molecule has 0 amide bonds. The van der Waals surface area contributed by atoms with Crippen molar-refractivity contribution in [3.8, 4) is 28.7 Å². The van der Waals surface area contributed by atoms with Crippen LogP contribution in [0.4, 0.5) is 13.2 Å². The second kappa shape index (κ2) is 11.5. The van der Waals surface area contributed by atoms with E-state index in [-0.39, 0.29) is 48.6 Å². The molecule has 2 aliphatic rings. The lowest BCUT2D eigenvalue weighted by Gasteiger charge is -2.18. The van der Waals surface area contributed by atoms with Gasteiger partial charge in [0.25, 0.3) is 0 Å². The molecule has 3 aromatic carbocycles. The molecule has 1 aliphatic carbocycles. The van der Waals surface area contributed by atoms with Crippen molar-refractivity contribution in [2.45, 2.75) is 57.2 Å². The van der Waals surface area contributed by atoms with Crippen LogP contribution in [0.5, 0.6) is 28.7 Å². The highest BCUT2D eigenvalue weighted by Gasteiger charge is 2.32. The van der Waals surface area contributed by atoms with Crippen LogP contribution in [-0.4, -0.2) is 37.0 Å². The maximum absolute atomic E-state index is 15.0. The number of rotatable bonds is 10. The Bertz CT molecular complexity index is 1450. The van der Waals surface area contributed by atoms with Gasteiger partial charge in [-0.25, -0.2) is 13.2 Å². The number of aliphatic hydroxyl groups is 1. The summed E-state index contributed by atoms with van der Waals surface area (Å²) < 4.78 is 72.1. The molecular weight excluding hydrogens is 541 g/mol. The Hall–Kier alpha value is -3.92. The zero-order valence-electron chi connectivity index (χ0n) is 23.0. The van der Waals surface area contributed by atoms with Crippen molar-refractivity contribution >= 4 is 5.97 Å². The van der Waals surface area contributed by atoms with Crippen molar-refractivity contribution in [1.29, 1.82) is 0 Å². The highest BCUT2D eigenvalue weighted by molar-refractivity contribution is 5.71. The van der Waals surface area contributed by atoms with E-state index in [0.717, 1.165) is 17.7 Å². The summed E-state index contributed by atoms with van der Waals surface area (Å²) in [6.45, 7) is 3.52. The molecule has 0 bridgehead atoms. The van der Waals surface area contributed by atoms with Gasteiger partial charge in [-0.3, -0.25) is 4.79 Å². The summed E-state index contributed by atoms with van der Waals surface area (Å²) in [5.41, 5.74) is 0.668. The third-order valence-corrected chi connectivity index (χ3v) is 7.20. The largest absolute Gasteiger partial charge is 0.492 e. The van der Waals surface area contributed by atoms with E-state index in [4.69, 9.17) is 23.7 Å². The van der Waals surface area contributed by atoms with Crippen molar-refractivity contribution in [3.05, 3.63) is 76.6 Å². The number of ether oxygens (including phenoxy) is 5. The van der Waals surface area contributed by atoms with Crippen molar-refractivity contribution in [3.63, 3.8) is 0 Å². The van der Waals surface area contributed by atoms with Gasteiger partial charge in [-0.15, -0.1) is 0 Å². The van der Waals surface area contributed by atoms with Crippen LogP contribution in [0.2, 0.25) is 0 Å². The minimum absolute atomic E-state index is 0.00264. The first-order valence-corrected chi connectivity index (χ1v) is 13.4. The normalized spacial score (nSPS) is 17.4. The van der Waals surface area contributed by atoms with Crippen molar-refractivity contribution in [2.75, 3.05) is 20.3 Å². The number of carbonyl (C=O) groups is 1. The van der Waals surface area contributed by atoms with Gasteiger partial charge in [0, 0.05) is 47.2 Å². The lowest BCUT2D eigenvalue weighted by Crippen LogP contribution is -2.22. The van der Waals surface area contributed by atoms with Gasteiger partial charge in [-0.1, -0.05) is 6.07 Å². The lowest BCUT2D eigenvalue weighted by molar-refractivity contribution is -0.141. The molecule has 41 heavy (non-hydrogen) atoms. The molecule has 5 rings (SSSR count). The van der Waals surface area contributed by atoms with E-state index in [1.165, 1.54) is 19.2 Å². The molecule has 1 aliphatic heterocycles. The molecule has 0 saturated heterocycles. The Balaban J connectivity index is 1.31. The number of halogens is 3. The van der Waals surface area contributed by atoms with Crippen LogP contribution in [0.3, 0.4) is 0 Å². The number of hydrogen-bond acceptors (Lipinski definition) is 7. The molecule has 0 aromatic heterocycles. The first-order chi connectivity index (χ1) is 19.5. The highest BCUT2D eigenvalue weighted by atomic mass is 19.1. The SMILES string of the molecule is COC(=O)CC1COc2cc(OC3CCc4c(Oc5cc(F)c(OCCC(C)(C)O)cc5F)ccc(F)c43)ccc21. The number of esters is 1. The smallest absolute Gasteiger partial charge is 0.306 e. The minimum atomic E-state index is -1.01. The molecular formula is C31H31F3O7. The van der Waals surface area contributed by atoms with E-state index in [1.807, 2.05) is 6.07 Å². The summed E-state index contributed by atoms with van der Waals surface area (Å²) in [6.07, 6.45) is 0.645. The van der Waals surface area contributed by atoms with Crippen LogP contribution >= 0.6 is 0 Å². The third-order valence-electron chi connectivity index (χ3n) is 7.20. The van der Waals surface area contributed by atoms with E-state index < -0.39 is 29.2 Å². The fourth-order valence-corrected chi connectivity index (χ4v) is 5.03. The Labute approximate surface area is 235 Å². The average molecular weight is 573 g/mol. The van der Waals surface area contributed by atoms with Gasteiger partial charge in [0.2, 0.25) is 0 Å². The molecule has 3 aromatic rings. The van der Waals surface area contributed by atoms with Gasteiger partial charge in [0.1, 0.15) is 29.2 Å². The van der Waals surface area contributed by atoms with Crippen LogP contribution < -0.4 is 18.9 Å². The Kier molecular flexibility index (Phi) is 8.04. The summed E-state index contributed by atoms with van der Waals surface area (Å²) >= 11 is 0. The minimum Gasteiger partial charge on any atom is -0.492 e. The topological polar surface area (TPSA) is 83.5 Å². The molecule has 7 nitrogen and oxygen atoms in total. The summed E-state index contributed by atoms with van der Waals surface area (Å²) in [7, 11) is 1.34. The average Bonchev–Trinajstić information content (AvgIpc) is 3.52. The summed E-state index contributed by atoms with van der Waals surface area (Å²) in [6, 6.07) is 9.64. The van der Waals surface area contributed by atoms with Crippen LogP contribution in [0.15, 0.2) is 42.5 Å². The molecule has 218 valence electrons. The van der Waals surface area contributed by atoms with Crippen LogP contribution in [0.25, 0.3) is 0 Å². The second-order valence-corrected chi connectivity index (χ2v) is 10.8. The predicted octanol–water partition coefficient (Wildman–Crippen LogP) is 6.54. The maximum atomic E-state index is 15.0. The molecule has 1 heterocycles. The molecule has 0 spiro atoms. The van der Waals surface area contributed by atoms with E-state index in [2.05, 4.69) is 0 Å². The Morgan fingerprint density at radius 2 is 1.78 bits per heavy atom. The number of methoxy groups -OCH3 is 1. The fourth-order valence-electron chi connectivity index (χ4n) is 5.03. The first kappa shape index (κ1) is 28.6. The van der Waals surface area contributed by atoms with Crippen molar-refractivity contribution in [2.24, 2.45) is 0 Å². The summed E-state index contributed by atoms with van der Waals surface area (Å²) in [5, 5.41) is 9.78. The van der Waals surface area contributed by atoms with E-state index >= 15 is 4.39 Å². The zero-order valence-corrected chi connectivity index (χ0v) is 23.0. The van der Waals surface area contributed by atoms with Crippen molar-refractivity contribution in [1.82, 2.24) is 0 Å².